The first-order valence-corrected chi connectivity index (χ1v) is 10.3. The molecule has 2 aromatic heterocycles. The monoisotopic (exact) mass is 416 g/mol. The van der Waals surface area contributed by atoms with Gasteiger partial charge in [-0.1, -0.05) is 0 Å². The number of hydrogen-bond donors (Lipinski definition) is 1. The van der Waals surface area contributed by atoms with Gasteiger partial charge in [-0.3, -0.25) is 14.7 Å². The minimum atomic E-state index is -2.81. The number of aromatic nitrogens is 2. The lowest BCUT2D eigenvalue weighted by Crippen LogP contribution is -2.52. The van der Waals surface area contributed by atoms with Crippen molar-refractivity contribution in [1.82, 2.24) is 14.9 Å². The van der Waals surface area contributed by atoms with E-state index in [1.165, 1.54) is 25.2 Å². The van der Waals surface area contributed by atoms with E-state index in [1.54, 1.807) is 42.3 Å². The Hall–Kier alpha value is -2.61. The zero-order chi connectivity index (χ0) is 21.1. The van der Waals surface area contributed by atoms with Crippen molar-refractivity contribution >= 4 is 11.7 Å². The van der Waals surface area contributed by atoms with Gasteiger partial charge in [-0.15, -0.1) is 0 Å². The second kappa shape index (κ2) is 8.63. The number of amides is 1. The standard InChI is InChI=1S/C22H26F2N4O2/c1-15(21(29)27-20-5-4-18(12-26-20)30-14-16-2-3-16)28-11-8-22(23,24)19(13-28)17-6-9-25-10-7-17/h4-7,9-10,12,15-16,19H,2-3,8,11,13-14H2,1H3,(H,26,27,29)/t15-,19+/m0/s1. The number of carbonyl (C=O) groups is 1. The van der Waals surface area contributed by atoms with Crippen LogP contribution in [0.3, 0.4) is 0 Å². The first-order valence-electron chi connectivity index (χ1n) is 10.3. The molecule has 1 saturated carbocycles. The number of carbonyl (C=O) groups excluding carboxylic acids is 1. The summed E-state index contributed by atoms with van der Waals surface area (Å²) in [5, 5.41) is 2.77. The Morgan fingerprint density at radius 2 is 2.07 bits per heavy atom. The fraction of sp³-hybridized carbons (Fsp3) is 0.500. The number of nitrogens with one attached hydrogen (secondary N) is 1. The second-order valence-corrected chi connectivity index (χ2v) is 8.14. The maximum Gasteiger partial charge on any atom is 0.257 e. The number of rotatable bonds is 7. The van der Waals surface area contributed by atoms with Crippen LogP contribution in [-0.4, -0.2) is 52.4 Å². The summed E-state index contributed by atoms with van der Waals surface area (Å²) >= 11 is 0. The minimum absolute atomic E-state index is 0.104. The van der Waals surface area contributed by atoms with E-state index in [0.29, 0.717) is 29.7 Å². The SMILES string of the molecule is C[C@@H](C(=O)Nc1ccc(OCC2CC2)cn1)N1CCC(F)(F)[C@@H](c2ccncc2)C1. The number of ether oxygens (including phenoxy) is 1. The van der Waals surface area contributed by atoms with Crippen LogP contribution in [0.1, 0.15) is 37.7 Å². The molecule has 30 heavy (non-hydrogen) atoms. The highest BCUT2D eigenvalue weighted by Crippen LogP contribution is 2.40. The van der Waals surface area contributed by atoms with Crippen LogP contribution in [0.25, 0.3) is 0 Å². The lowest BCUT2D eigenvalue weighted by molar-refractivity contribution is -0.125. The van der Waals surface area contributed by atoms with E-state index in [4.69, 9.17) is 4.74 Å². The largest absolute Gasteiger partial charge is 0.492 e. The van der Waals surface area contributed by atoms with Crippen LogP contribution in [0.2, 0.25) is 0 Å². The minimum Gasteiger partial charge on any atom is -0.492 e. The molecule has 0 unspecified atom stereocenters. The molecule has 2 aliphatic rings. The van der Waals surface area contributed by atoms with Gasteiger partial charge in [0.2, 0.25) is 5.91 Å². The Kier molecular flexibility index (Phi) is 5.94. The Balaban J connectivity index is 1.36. The van der Waals surface area contributed by atoms with Gasteiger partial charge < -0.3 is 10.1 Å². The van der Waals surface area contributed by atoms with Crippen LogP contribution < -0.4 is 10.1 Å². The molecule has 0 radical (unpaired) electrons. The first kappa shape index (κ1) is 20.7. The van der Waals surface area contributed by atoms with Gasteiger partial charge in [-0.05, 0) is 55.5 Å². The number of pyridine rings is 2. The number of hydrogen-bond acceptors (Lipinski definition) is 5. The normalized spacial score (nSPS) is 22.3. The summed E-state index contributed by atoms with van der Waals surface area (Å²) in [5.74, 6) is -2.31. The molecule has 0 spiro atoms. The Morgan fingerprint density at radius 1 is 1.30 bits per heavy atom. The van der Waals surface area contributed by atoms with E-state index >= 15 is 0 Å². The molecule has 1 amide bonds. The van der Waals surface area contributed by atoms with Gasteiger partial charge in [0, 0.05) is 31.9 Å². The van der Waals surface area contributed by atoms with Crippen LogP contribution in [0.5, 0.6) is 5.75 Å². The van der Waals surface area contributed by atoms with Crippen molar-refractivity contribution in [3.63, 3.8) is 0 Å². The molecule has 6 nitrogen and oxygen atoms in total. The van der Waals surface area contributed by atoms with Crippen LogP contribution in [0.15, 0.2) is 42.9 Å². The Labute approximate surface area is 174 Å². The van der Waals surface area contributed by atoms with E-state index in [0.717, 1.165) is 0 Å². The highest BCUT2D eigenvalue weighted by molar-refractivity contribution is 5.93. The first-order chi connectivity index (χ1) is 14.4. The fourth-order valence-electron chi connectivity index (χ4n) is 3.66. The van der Waals surface area contributed by atoms with Crippen LogP contribution >= 0.6 is 0 Å². The van der Waals surface area contributed by atoms with Crippen LogP contribution in [-0.2, 0) is 4.79 Å². The predicted octanol–water partition coefficient (Wildman–Crippen LogP) is 3.72. The molecule has 1 aliphatic carbocycles. The lowest BCUT2D eigenvalue weighted by atomic mass is 9.87. The summed E-state index contributed by atoms with van der Waals surface area (Å²) in [4.78, 5) is 22.6. The molecule has 3 heterocycles. The van der Waals surface area contributed by atoms with Gasteiger partial charge in [0.15, 0.2) is 0 Å². The van der Waals surface area contributed by atoms with E-state index in [9.17, 15) is 13.6 Å². The molecule has 2 atom stereocenters. The number of piperidine rings is 1. The fourth-order valence-corrected chi connectivity index (χ4v) is 3.66. The number of anilines is 1. The summed E-state index contributed by atoms with van der Waals surface area (Å²) in [6, 6.07) is 6.14. The Bertz CT molecular complexity index is 859. The third kappa shape index (κ3) is 4.92. The molecule has 2 fully saturated rings. The number of likely N-dealkylation sites (tertiary alicyclic amines) is 1. The quantitative estimate of drug-likeness (QED) is 0.745. The second-order valence-electron chi connectivity index (χ2n) is 8.14. The third-order valence-electron chi connectivity index (χ3n) is 5.87. The topological polar surface area (TPSA) is 67.3 Å². The van der Waals surface area contributed by atoms with Gasteiger partial charge in [-0.25, -0.2) is 13.8 Å². The predicted molar refractivity (Wildman–Crippen MR) is 109 cm³/mol. The highest BCUT2D eigenvalue weighted by Gasteiger charge is 2.46. The number of halogens is 2. The van der Waals surface area contributed by atoms with E-state index in [-0.39, 0.29) is 25.4 Å². The van der Waals surface area contributed by atoms with Crippen molar-refractivity contribution in [2.45, 2.75) is 44.1 Å². The number of nitrogens with zero attached hydrogens (tertiary/aromatic N) is 3. The van der Waals surface area contributed by atoms with Gasteiger partial charge in [0.25, 0.3) is 5.92 Å². The molecule has 0 aromatic carbocycles. The summed E-state index contributed by atoms with van der Waals surface area (Å²) in [6.45, 7) is 2.69. The van der Waals surface area contributed by atoms with E-state index in [2.05, 4.69) is 15.3 Å². The molecular formula is C22H26F2N4O2. The van der Waals surface area contributed by atoms with Crippen molar-refractivity contribution < 1.29 is 18.3 Å². The average Bonchev–Trinajstić information content (AvgIpc) is 3.58. The molecular weight excluding hydrogens is 390 g/mol. The summed E-state index contributed by atoms with van der Waals surface area (Å²) in [7, 11) is 0. The molecule has 160 valence electrons. The van der Waals surface area contributed by atoms with Crippen molar-refractivity contribution in [2.24, 2.45) is 5.92 Å². The molecule has 2 aromatic rings. The van der Waals surface area contributed by atoms with Gasteiger partial charge in [-0.2, -0.15) is 0 Å². The third-order valence-corrected chi connectivity index (χ3v) is 5.87. The van der Waals surface area contributed by atoms with Gasteiger partial charge in [0.1, 0.15) is 11.6 Å². The van der Waals surface area contributed by atoms with Crippen molar-refractivity contribution in [3.8, 4) is 5.75 Å². The number of alkyl halides is 2. The zero-order valence-electron chi connectivity index (χ0n) is 16.9. The Morgan fingerprint density at radius 3 is 2.73 bits per heavy atom. The maximum atomic E-state index is 14.5. The zero-order valence-corrected chi connectivity index (χ0v) is 16.9. The molecule has 1 aliphatic heterocycles. The van der Waals surface area contributed by atoms with Crippen molar-refractivity contribution in [2.75, 3.05) is 25.0 Å². The highest BCUT2D eigenvalue weighted by atomic mass is 19.3. The van der Waals surface area contributed by atoms with Gasteiger partial charge >= 0.3 is 0 Å². The van der Waals surface area contributed by atoms with E-state index < -0.39 is 17.9 Å². The lowest BCUT2D eigenvalue weighted by Gasteiger charge is -2.40. The van der Waals surface area contributed by atoms with Crippen LogP contribution in [0.4, 0.5) is 14.6 Å². The van der Waals surface area contributed by atoms with E-state index in [1.807, 2.05) is 0 Å². The molecule has 4 rings (SSSR count). The summed E-state index contributed by atoms with van der Waals surface area (Å²) in [5.41, 5.74) is 0.538. The molecule has 8 heteroatoms. The molecule has 1 saturated heterocycles. The maximum absolute atomic E-state index is 14.5. The molecule has 0 bridgehead atoms. The van der Waals surface area contributed by atoms with Crippen molar-refractivity contribution in [1.29, 1.82) is 0 Å². The smallest absolute Gasteiger partial charge is 0.257 e. The van der Waals surface area contributed by atoms with Gasteiger partial charge in [0.05, 0.1) is 24.8 Å². The summed E-state index contributed by atoms with van der Waals surface area (Å²) < 4.78 is 34.7. The van der Waals surface area contributed by atoms with Crippen LogP contribution in [0, 0.1) is 5.92 Å². The average molecular weight is 416 g/mol. The van der Waals surface area contributed by atoms with Crippen molar-refractivity contribution in [3.05, 3.63) is 48.4 Å². The molecule has 1 N–H and O–H groups in total. The summed E-state index contributed by atoms with van der Waals surface area (Å²) in [6.07, 6.45) is 6.76.